The summed E-state index contributed by atoms with van der Waals surface area (Å²) >= 11 is 0. The van der Waals surface area contributed by atoms with Crippen LogP contribution in [-0.2, 0) is 4.74 Å². The maximum Gasteiger partial charge on any atom is 0.378 e. The van der Waals surface area contributed by atoms with Gasteiger partial charge >= 0.3 is 5.97 Å². The number of nitrogen functional groups attached to an aromatic ring is 1. The first-order chi connectivity index (χ1) is 6.97. The summed E-state index contributed by atoms with van der Waals surface area (Å²) in [7, 11) is 1.17. The summed E-state index contributed by atoms with van der Waals surface area (Å²) in [6.45, 7) is 1.62. The van der Waals surface area contributed by atoms with E-state index in [-0.39, 0.29) is 17.2 Å². The van der Waals surface area contributed by atoms with Gasteiger partial charge in [-0.2, -0.15) is 0 Å². The number of ether oxygens (including phenoxy) is 1. The lowest BCUT2D eigenvalue weighted by atomic mass is 10.3. The summed E-state index contributed by atoms with van der Waals surface area (Å²) in [4.78, 5) is 11.1. The highest BCUT2D eigenvalue weighted by Gasteiger charge is 2.22. The Morgan fingerprint density at radius 1 is 1.60 bits per heavy atom. The van der Waals surface area contributed by atoms with Crippen LogP contribution in [0.2, 0.25) is 0 Å². The number of esters is 1. The zero-order valence-corrected chi connectivity index (χ0v) is 8.40. The summed E-state index contributed by atoms with van der Waals surface area (Å²) in [5, 5.41) is 9.44. The van der Waals surface area contributed by atoms with Crippen LogP contribution in [0.1, 0.15) is 23.2 Å². The van der Waals surface area contributed by atoms with Gasteiger partial charge in [-0.15, -0.1) is 0 Å². The zero-order chi connectivity index (χ0) is 11.6. The molecular formula is C9H12N2O4. The van der Waals surface area contributed by atoms with Crippen molar-refractivity contribution in [1.82, 2.24) is 0 Å². The minimum atomic E-state index is -0.798. The van der Waals surface area contributed by atoms with Crippen molar-refractivity contribution in [3.05, 3.63) is 17.2 Å². The fourth-order valence-electron chi connectivity index (χ4n) is 0.997. The van der Waals surface area contributed by atoms with Gasteiger partial charge in [0.15, 0.2) is 11.5 Å². The van der Waals surface area contributed by atoms with Gasteiger partial charge in [-0.25, -0.2) is 4.79 Å². The van der Waals surface area contributed by atoms with Gasteiger partial charge in [0.05, 0.1) is 7.11 Å². The van der Waals surface area contributed by atoms with Crippen molar-refractivity contribution >= 4 is 17.7 Å². The predicted octanol–water partition coefficient (Wildman–Crippen LogP) is 0.674. The van der Waals surface area contributed by atoms with Crippen molar-refractivity contribution < 1.29 is 19.1 Å². The SMILES string of the molecule is COC(=O)c1oc(/C=C(/C)N)c(N)c1O. The van der Waals surface area contributed by atoms with Crippen LogP contribution in [0.3, 0.4) is 0 Å². The quantitative estimate of drug-likeness (QED) is 0.621. The normalized spacial score (nSPS) is 11.5. The molecule has 0 aliphatic heterocycles. The number of hydrogen-bond acceptors (Lipinski definition) is 6. The van der Waals surface area contributed by atoms with E-state index in [1.165, 1.54) is 13.2 Å². The highest BCUT2D eigenvalue weighted by Crippen LogP contribution is 2.33. The topological polar surface area (TPSA) is 112 Å². The summed E-state index contributed by atoms with van der Waals surface area (Å²) in [6.07, 6.45) is 1.40. The third kappa shape index (κ3) is 2.04. The number of nitrogens with two attached hydrogens (primary N) is 2. The Morgan fingerprint density at radius 2 is 2.20 bits per heavy atom. The molecule has 1 rings (SSSR count). The fraction of sp³-hybridized carbons (Fsp3) is 0.222. The van der Waals surface area contributed by atoms with Gasteiger partial charge in [-0.1, -0.05) is 0 Å². The van der Waals surface area contributed by atoms with Crippen LogP contribution in [0.15, 0.2) is 10.1 Å². The lowest BCUT2D eigenvalue weighted by molar-refractivity contribution is 0.0560. The number of aromatic hydroxyl groups is 1. The molecule has 0 atom stereocenters. The molecule has 0 amide bonds. The molecule has 6 nitrogen and oxygen atoms in total. The molecule has 1 heterocycles. The predicted molar refractivity (Wildman–Crippen MR) is 54.0 cm³/mol. The van der Waals surface area contributed by atoms with E-state index in [1.54, 1.807) is 6.92 Å². The van der Waals surface area contributed by atoms with Crippen molar-refractivity contribution in [2.75, 3.05) is 12.8 Å². The molecule has 15 heavy (non-hydrogen) atoms. The number of carbonyl (C=O) groups is 1. The minimum absolute atomic E-state index is 0.0415. The highest BCUT2D eigenvalue weighted by molar-refractivity contribution is 5.92. The van der Waals surface area contributed by atoms with Gasteiger partial charge in [0.1, 0.15) is 5.69 Å². The third-order valence-corrected chi connectivity index (χ3v) is 1.68. The van der Waals surface area contributed by atoms with Crippen molar-refractivity contribution in [1.29, 1.82) is 0 Å². The molecule has 6 heteroatoms. The Kier molecular flexibility index (Phi) is 2.89. The summed E-state index contributed by atoms with van der Waals surface area (Å²) in [5.74, 6) is -1.43. The number of carbonyl (C=O) groups excluding carboxylic acids is 1. The monoisotopic (exact) mass is 212 g/mol. The van der Waals surface area contributed by atoms with E-state index >= 15 is 0 Å². The molecule has 0 fully saturated rings. The number of allylic oxidation sites excluding steroid dienone is 1. The van der Waals surface area contributed by atoms with Gasteiger partial charge in [-0.3, -0.25) is 0 Å². The summed E-state index contributed by atoms with van der Waals surface area (Å²) < 4.78 is 9.39. The molecule has 0 aliphatic rings. The number of anilines is 1. The van der Waals surface area contributed by atoms with Gasteiger partial charge < -0.3 is 25.7 Å². The smallest absolute Gasteiger partial charge is 0.378 e. The molecule has 0 aromatic carbocycles. The largest absolute Gasteiger partial charge is 0.503 e. The van der Waals surface area contributed by atoms with Crippen LogP contribution >= 0.6 is 0 Å². The summed E-state index contributed by atoms with van der Waals surface area (Å²) in [6, 6.07) is 0. The van der Waals surface area contributed by atoms with Gasteiger partial charge in [0.2, 0.25) is 0 Å². The lowest BCUT2D eigenvalue weighted by Gasteiger charge is -1.93. The second kappa shape index (κ2) is 3.95. The fourth-order valence-corrected chi connectivity index (χ4v) is 0.997. The van der Waals surface area contributed by atoms with Crippen LogP contribution in [-0.4, -0.2) is 18.2 Å². The first-order valence-corrected chi connectivity index (χ1v) is 4.10. The molecule has 5 N–H and O–H groups in total. The highest BCUT2D eigenvalue weighted by atomic mass is 16.5. The van der Waals surface area contributed by atoms with E-state index < -0.39 is 11.7 Å². The van der Waals surface area contributed by atoms with Gasteiger partial charge in [-0.05, 0) is 6.92 Å². The Bertz CT molecular complexity index is 416. The Balaban J connectivity index is 3.24. The molecule has 0 saturated carbocycles. The van der Waals surface area contributed by atoms with E-state index in [2.05, 4.69) is 4.74 Å². The van der Waals surface area contributed by atoms with E-state index in [4.69, 9.17) is 15.9 Å². The average molecular weight is 212 g/mol. The molecule has 0 radical (unpaired) electrons. The van der Waals surface area contributed by atoms with Crippen LogP contribution in [0, 0.1) is 0 Å². The number of furan rings is 1. The van der Waals surface area contributed by atoms with Crippen LogP contribution in [0.4, 0.5) is 5.69 Å². The van der Waals surface area contributed by atoms with E-state index in [9.17, 15) is 9.90 Å². The molecule has 1 aromatic rings. The number of methoxy groups -OCH3 is 1. The van der Waals surface area contributed by atoms with Crippen LogP contribution in [0.25, 0.3) is 6.08 Å². The first kappa shape index (κ1) is 11.0. The van der Waals surface area contributed by atoms with E-state index in [0.29, 0.717) is 5.70 Å². The minimum Gasteiger partial charge on any atom is -0.503 e. The summed E-state index contributed by atoms with van der Waals surface area (Å²) in [5.41, 5.74) is 11.3. The van der Waals surface area contributed by atoms with Crippen molar-refractivity contribution in [3.8, 4) is 5.75 Å². The molecular weight excluding hydrogens is 200 g/mol. The van der Waals surface area contributed by atoms with Gasteiger partial charge in [0.25, 0.3) is 5.76 Å². The molecule has 0 unspecified atom stereocenters. The number of rotatable bonds is 2. The van der Waals surface area contributed by atoms with E-state index in [1.807, 2.05) is 0 Å². The zero-order valence-electron chi connectivity index (χ0n) is 8.40. The molecule has 0 spiro atoms. The Morgan fingerprint density at radius 3 is 2.67 bits per heavy atom. The molecule has 82 valence electrons. The van der Waals surface area contributed by atoms with Crippen LogP contribution in [0.5, 0.6) is 5.75 Å². The number of hydrogen-bond donors (Lipinski definition) is 3. The van der Waals surface area contributed by atoms with Crippen molar-refractivity contribution in [2.24, 2.45) is 5.73 Å². The second-order valence-electron chi connectivity index (χ2n) is 2.94. The second-order valence-corrected chi connectivity index (χ2v) is 2.94. The molecule has 0 saturated heterocycles. The Hall–Kier alpha value is -2.11. The molecule has 0 aliphatic carbocycles. The first-order valence-electron chi connectivity index (χ1n) is 4.10. The maximum atomic E-state index is 11.1. The molecule has 1 aromatic heterocycles. The third-order valence-electron chi connectivity index (χ3n) is 1.68. The standard InChI is InChI=1S/C9H12N2O4/c1-4(10)3-5-6(11)7(12)8(15-5)9(13)14-2/h3,12H,10-11H2,1-2H3/b4-3-. The van der Waals surface area contributed by atoms with Crippen molar-refractivity contribution in [2.45, 2.75) is 6.92 Å². The molecule has 0 bridgehead atoms. The maximum absolute atomic E-state index is 11.1. The van der Waals surface area contributed by atoms with Crippen molar-refractivity contribution in [3.63, 3.8) is 0 Å². The Labute approximate surface area is 86.1 Å². The lowest BCUT2D eigenvalue weighted by Crippen LogP contribution is -1.99. The van der Waals surface area contributed by atoms with E-state index in [0.717, 1.165) is 0 Å². The average Bonchev–Trinajstić information content (AvgIpc) is 2.44. The van der Waals surface area contributed by atoms with Crippen LogP contribution < -0.4 is 11.5 Å². The van der Waals surface area contributed by atoms with Gasteiger partial charge in [0, 0.05) is 11.8 Å².